The monoisotopic (exact) mass is 555 g/mol. The lowest BCUT2D eigenvalue weighted by Crippen LogP contribution is -2.19. The largest absolute Gasteiger partial charge is 0.748 e. The van der Waals surface area contributed by atoms with Crippen molar-refractivity contribution in [2.45, 2.75) is 57.3 Å². The molecule has 39 heavy (non-hydrogen) atoms. The molecule has 0 spiro atoms. The van der Waals surface area contributed by atoms with Gasteiger partial charge in [-0.1, -0.05) is 30.3 Å². The van der Waals surface area contributed by atoms with Crippen LogP contribution in [0.4, 0.5) is 16.3 Å². The van der Waals surface area contributed by atoms with Gasteiger partial charge in [-0.15, -0.1) is 0 Å². The highest BCUT2D eigenvalue weighted by Crippen LogP contribution is 2.48. The maximum Gasteiger partial charge on any atom is 0.324 e. The molecule has 3 aromatic rings. The van der Waals surface area contributed by atoms with E-state index in [1.165, 1.54) is 25.7 Å². The van der Waals surface area contributed by atoms with Crippen LogP contribution in [0.2, 0.25) is 0 Å². The van der Waals surface area contributed by atoms with E-state index in [0.29, 0.717) is 17.8 Å². The molecule has 2 fully saturated rings. The van der Waals surface area contributed by atoms with E-state index in [4.69, 9.17) is 22.2 Å². The quantitative estimate of drug-likeness (QED) is 0.354. The summed E-state index contributed by atoms with van der Waals surface area (Å²) in [6.45, 7) is 3.97. The first-order valence-electron chi connectivity index (χ1n) is 13.2. The third kappa shape index (κ3) is 9.45. The normalized spacial score (nSPS) is 16.6. The third-order valence-corrected chi connectivity index (χ3v) is 7.03. The highest BCUT2D eigenvalue weighted by Gasteiger charge is 2.43. The van der Waals surface area contributed by atoms with Gasteiger partial charge in [0.1, 0.15) is 5.76 Å². The number of pyridine rings is 1. The minimum absolute atomic E-state index is 0.0804. The molecule has 1 saturated heterocycles. The van der Waals surface area contributed by atoms with Crippen LogP contribution in [0.1, 0.15) is 56.9 Å². The van der Waals surface area contributed by atoms with Gasteiger partial charge in [-0.05, 0) is 74.6 Å². The number of amides is 2. The molecule has 1 saturated carbocycles. The van der Waals surface area contributed by atoms with Crippen LogP contribution in [-0.2, 0) is 26.7 Å². The second-order valence-electron chi connectivity index (χ2n) is 10.5. The molecule has 2 N–H and O–H groups in total. The lowest BCUT2D eigenvalue weighted by Gasteiger charge is -2.21. The number of anilines is 2. The van der Waals surface area contributed by atoms with Crippen LogP contribution in [0, 0.1) is 5.92 Å². The molecule has 5 rings (SSSR count). The van der Waals surface area contributed by atoms with Gasteiger partial charge in [0.25, 0.3) is 0 Å². The number of nitrogens with zero attached hydrogens (tertiary/aromatic N) is 2. The van der Waals surface area contributed by atoms with Gasteiger partial charge in [0.05, 0.1) is 10.1 Å². The molecule has 0 unspecified atom stereocenters. The maximum atomic E-state index is 12.3. The fourth-order valence-corrected chi connectivity index (χ4v) is 4.43. The van der Waals surface area contributed by atoms with E-state index in [2.05, 4.69) is 39.8 Å². The van der Waals surface area contributed by atoms with Crippen LogP contribution < -0.4 is 10.6 Å². The summed E-state index contributed by atoms with van der Waals surface area (Å²) in [5.74, 6) is 2.06. The summed E-state index contributed by atoms with van der Waals surface area (Å²) in [6, 6.07) is 13.4. The molecule has 0 radical (unpaired) electrons. The van der Waals surface area contributed by atoms with Gasteiger partial charge in [-0.3, -0.25) is 10.3 Å². The first-order chi connectivity index (χ1) is 18.6. The van der Waals surface area contributed by atoms with E-state index in [1.807, 2.05) is 30.5 Å². The Labute approximate surface area is 229 Å². The molecule has 10 nitrogen and oxygen atoms in total. The van der Waals surface area contributed by atoms with Crippen molar-refractivity contribution in [3.8, 4) is 11.1 Å². The standard InChI is InChI=1S/C27H32N4O3.CH4O3S/c1-27(13-14-27)24-17-25(31-34-24)30-26(32)29-23-9-5-20(6-10-23)21-7-8-22(28-18-21)4-2-3-19-11-15-33-16-12-19;1-5(2,3)4/h5-10,17-19H,2-4,11-16H2,1H3,(H2,29,30,31,32);1H3,(H,2,3,4)/p-1. The number of hydrogen-bond donors (Lipinski definition) is 2. The molecule has 11 heteroatoms. The van der Waals surface area contributed by atoms with Gasteiger partial charge in [-0.2, -0.15) is 0 Å². The zero-order chi connectivity index (χ0) is 27.9. The van der Waals surface area contributed by atoms with Crippen LogP contribution >= 0.6 is 0 Å². The van der Waals surface area contributed by atoms with Crippen LogP contribution in [0.25, 0.3) is 11.1 Å². The molecule has 0 bridgehead atoms. The highest BCUT2D eigenvalue weighted by atomic mass is 32.2. The fourth-order valence-electron chi connectivity index (χ4n) is 4.43. The Bertz CT molecular complexity index is 1320. The van der Waals surface area contributed by atoms with Gasteiger partial charge >= 0.3 is 6.03 Å². The summed E-state index contributed by atoms with van der Waals surface area (Å²) in [6.07, 6.45) is 10.6. The van der Waals surface area contributed by atoms with Crippen molar-refractivity contribution in [2.75, 3.05) is 30.1 Å². The predicted molar refractivity (Wildman–Crippen MR) is 148 cm³/mol. The molecule has 3 heterocycles. The Balaban J connectivity index is 0.000000648. The van der Waals surface area contributed by atoms with Crippen molar-refractivity contribution in [1.29, 1.82) is 0 Å². The molecule has 1 aliphatic heterocycles. The average molecular weight is 556 g/mol. The van der Waals surface area contributed by atoms with Crippen LogP contribution in [0.15, 0.2) is 53.2 Å². The summed E-state index contributed by atoms with van der Waals surface area (Å²) in [5.41, 5.74) is 4.05. The molecular formula is C28H35N4O6S-. The number of hydrogen-bond acceptors (Lipinski definition) is 8. The Morgan fingerprint density at radius 2 is 1.74 bits per heavy atom. The maximum absolute atomic E-state index is 12.3. The molecule has 1 aromatic carbocycles. The van der Waals surface area contributed by atoms with E-state index in [9.17, 15) is 4.79 Å². The number of benzene rings is 1. The number of ether oxygens (including phenoxy) is 1. The van der Waals surface area contributed by atoms with Gasteiger partial charge in [0, 0.05) is 54.1 Å². The first kappa shape index (κ1) is 28.7. The molecule has 1 aliphatic carbocycles. The van der Waals surface area contributed by atoms with E-state index in [-0.39, 0.29) is 11.4 Å². The Morgan fingerprint density at radius 3 is 2.36 bits per heavy atom. The van der Waals surface area contributed by atoms with Gasteiger partial charge < -0.3 is 19.1 Å². The molecule has 0 atom stereocenters. The van der Waals surface area contributed by atoms with Gasteiger partial charge in [0.2, 0.25) is 0 Å². The summed E-state index contributed by atoms with van der Waals surface area (Å²) in [4.78, 5) is 17.0. The first-order valence-corrected chi connectivity index (χ1v) is 15.0. The number of carbonyl (C=O) groups excluding carboxylic acids is 1. The lowest BCUT2D eigenvalue weighted by atomic mass is 9.94. The van der Waals surface area contributed by atoms with Crippen molar-refractivity contribution in [1.82, 2.24) is 10.1 Å². The number of aryl methyl sites for hydroxylation is 1. The summed E-state index contributed by atoms with van der Waals surface area (Å²) >= 11 is 0. The smallest absolute Gasteiger partial charge is 0.324 e. The number of urea groups is 1. The lowest BCUT2D eigenvalue weighted by molar-refractivity contribution is 0.0633. The molecular weight excluding hydrogens is 520 g/mol. The van der Waals surface area contributed by atoms with Crippen LogP contribution in [-0.4, -0.2) is 48.6 Å². The zero-order valence-corrected chi connectivity index (χ0v) is 23.1. The Kier molecular flexibility index (Phi) is 9.36. The Morgan fingerprint density at radius 1 is 1.08 bits per heavy atom. The average Bonchev–Trinajstić information content (AvgIpc) is 3.47. The van der Waals surface area contributed by atoms with Crippen molar-refractivity contribution in [3.05, 3.63) is 60.1 Å². The summed E-state index contributed by atoms with van der Waals surface area (Å²) in [7, 11) is -3.92. The van der Waals surface area contributed by atoms with E-state index < -0.39 is 10.1 Å². The van der Waals surface area contributed by atoms with Crippen LogP contribution in [0.3, 0.4) is 0 Å². The highest BCUT2D eigenvalue weighted by molar-refractivity contribution is 7.84. The number of aromatic nitrogens is 2. The second-order valence-corrected chi connectivity index (χ2v) is 11.9. The topological polar surface area (TPSA) is 146 Å². The van der Waals surface area contributed by atoms with Crippen molar-refractivity contribution < 1.29 is 27.0 Å². The van der Waals surface area contributed by atoms with E-state index in [1.54, 1.807) is 6.07 Å². The SMILES string of the molecule is CC1(c2cc(NC(=O)Nc3ccc(-c4ccc(CCCC5CCOCC5)nc4)cc3)no2)CC1.CS(=O)(=O)[O-]. The van der Waals surface area contributed by atoms with Gasteiger partial charge in [-0.25, -0.2) is 13.2 Å². The van der Waals surface area contributed by atoms with Gasteiger partial charge in [0.15, 0.2) is 5.82 Å². The number of carbonyl (C=O) groups is 1. The molecule has 2 amide bonds. The number of nitrogens with one attached hydrogen (secondary N) is 2. The molecule has 2 aliphatic rings. The van der Waals surface area contributed by atoms with E-state index >= 15 is 0 Å². The van der Waals surface area contributed by atoms with Crippen molar-refractivity contribution in [3.63, 3.8) is 0 Å². The zero-order valence-electron chi connectivity index (χ0n) is 22.3. The summed E-state index contributed by atoms with van der Waals surface area (Å²) < 4.78 is 38.0. The molecule has 2 aromatic heterocycles. The summed E-state index contributed by atoms with van der Waals surface area (Å²) in [5, 5.41) is 9.51. The minimum atomic E-state index is -3.92. The minimum Gasteiger partial charge on any atom is -0.748 e. The Hall–Kier alpha value is -3.28. The van der Waals surface area contributed by atoms with Crippen molar-refractivity contribution >= 4 is 27.7 Å². The molecule has 210 valence electrons. The second kappa shape index (κ2) is 12.7. The fraction of sp³-hybridized carbons (Fsp3) is 0.464. The van der Waals surface area contributed by atoms with E-state index in [0.717, 1.165) is 61.0 Å². The third-order valence-electron chi connectivity index (χ3n) is 7.03. The van der Waals surface area contributed by atoms with Crippen molar-refractivity contribution in [2.24, 2.45) is 5.92 Å². The number of rotatable bonds is 8. The predicted octanol–water partition coefficient (Wildman–Crippen LogP) is 5.34. The van der Waals surface area contributed by atoms with Crippen LogP contribution in [0.5, 0.6) is 0 Å².